The lowest BCUT2D eigenvalue weighted by atomic mass is 10.1. The van der Waals surface area contributed by atoms with E-state index in [1.165, 1.54) is 25.7 Å². The van der Waals surface area contributed by atoms with Crippen LogP contribution in [-0.2, 0) is 4.79 Å². The van der Waals surface area contributed by atoms with Gasteiger partial charge in [0.25, 0.3) is 0 Å². The van der Waals surface area contributed by atoms with Crippen molar-refractivity contribution in [2.75, 3.05) is 12.4 Å². The van der Waals surface area contributed by atoms with E-state index in [1.807, 2.05) is 18.2 Å². The number of methoxy groups -OCH3 is 1. The topological polar surface area (TPSA) is 50.4 Å². The average Bonchev–Trinajstić information content (AvgIpc) is 2.99. The number of carbonyl (C=O) groups excluding carboxylic acids is 1. The van der Waals surface area contributed by atoms with Crippen LogP contribution in [0.15, 0.2) is 18.2 Å². The van der Waals surface area contributed by atoms with Crippen LogP contribution in [0.3, 0.4) is 0 Å². The highest BCUT2D eigenvalue weighted by molar-refractivity contribution is 6.02. The second-order valence-electron chi connectivity index (χ2n) is 5.02. The fraction of sp³-hybridized carbons (Fsp3) is 0.500. The van der Waals surface area contributed by atoms with Gasteiger partial charge >= 0.3 is 0 Å². The summed E-state index contributed by atoms with van der Waals surface area (Å²) in [7, 11) is 1.64. The minimum Gasteiger partial charge on any atom is -0.497 e. The number of ether oxygens (including phenoxy) is 1. The zero-order valence-electron chi connectivity index (χ0n) is 10.5. The molecule has 4 heteroatoms. The molecule has 1 amide bonds. The quantitative estimate of drug-likeness (QED) is 0.859. The van der Waals surface area contributed by atoms with E-state index in [9.17, 15) is 4.79 Å². The second-order valence-corrected chi connectivity index (χ2v) is 5.02. The number of benzene rings is 1. The Balaban J connectivity index is 1.84. The molecule has 1 heterocycles. The Morgan fingerprint density at radius 2 is 2.11 bits per heavy atom. The Kier molecular flexibility index (Phi) is 2.96. The van der Waals surface area contributed by atoms with E-state index in [0.29, 0.717) is 6.04 Å². The molecular weight excluding hydrogens is 228 g/mol. The Morgan fingerprint density at radius 1 is 1.33 bits per heavy atom. The summed E-state index contributed by atoms with van der Waals surface area (Å²) in [4.78, 5) is 12.0. The van der Waals surface area contributed by atoms with Crippen LogP contribution >= 0.6 is 0 Å². The van der Waals surface area contributed by atoms with E-state index in [2.05, 4.69) is 10.6 Å². The normalized spacial score (nSPS) is 22.9. The molecule has 1 aliphatic carbocycles. The van der Waals surface area contributed by atoms with Crippen LogP contribution in [-0.4, -0.2) is 19.1 Å². The minimum absolute atomic E-state index is 0.0464. The monoisotopic (exact) mass is 246 g/mol. The van der Waals surface area contributed by atoms with Gasteiger partial charge in [0.1, 0.15) is 11.8 Å². The number of fused-ring (bicyclic) bond motifs is 1. The van der Waals surface area contributed by atoms with Gasteiger partial charge in [0.15, 0.2) is 0 Å². The zero-order chi connectivity index (χ0) is 12.5. The molecule has 0 aromatic heterocycles. The molecule has 1 aromatic carbocycles. The fourth-order valence-electron chi connectivity index (χ4n) is 2.86. The largest absolute Gasteiger partial charge is 0.497 e. The first-order valence-electron chi connectivity index (χ1n) is 6.53. The van der Waals surface area contributed by atoms with Gasteiger partial charge in [0.05, 0.1) is 7.11 Å². The Morgan fingerprint density at radius 3 is 2.83 bits per heavy atom. The summed E-state index contributed by atoms with van der Waals surface area (Å²) in [5.74, 6) is 0.841. The van der Waals surface area contributed by atoms with Crippen LogP contribution in [0.5, 0.6) is 5.75 Å². The number of hydrogen-bond acceptors (Lipinski definition) is 3. The molecule has 0 spiro atoms. The zero-order valence-corrected chi connectivity index (χ0v) is 10.5. The molecule has 18 heavy (non-hydrogen) atoms. The highest BCUT2D eigenvalue weighted by atomic mass is 16.5. The van der Waals surface area contributed by atoms with Crippen molar-refractivity contribution >= 4 is 11.6 Å². The molecule has 1 saturated carbocycles. The van der Waals surface area contributed by atoms with Gasteiger partial charge in [-0.05, 0) is 31.0 Å². The summed E-state index contributed by atoms with van der Waals surface area (Å²) in [5.41, 5.74) is 1.91. The molecule has 0 radical (unpaired) electrons. The molecule has 3 rings (SSSR count). The lowest BCUT2D eigenvalue weighted by molar-refractivity contribution is -0.117. The van der Waals surface area contributed by atoms with Crippen LogP contribution in [0, 0.1) is 0 Å². The molecule has 2 aliphatic rings. The van der Waals surface area contributed by atoms with Crippen LogP contribution in [0.25, 0.3) is 0 Å². The number of anilines is 1. The molecule has 1 atom stereocenters. The summed E-state index contributed by atoms with van der Waals surface area (Å²) in [6, 6.07) is 5.97. The molecule has 1 aliphatic heterocycles. The molecule has 96 valence electrons. The van der Waals surface area contributed by atoms with Crippen molar-refractivity contribution in [3.8, 4) is 5.75 Å². The summed E-state index contributed by atoms with van der Waals surface area (Å²) >= 11 is 0. The first kappa shape index (κ1) is 11.5. The molecule has 0 bridgehead atoms. The third-order valence-corrected chi connectivity index (χ3v) is 3.85. The number of amides is 1. The van der Waals surface area contributed by atoms with Crippen molar-refractivity contribution < 1.29 is 9.53 Å². The maximum Gasteiger partial charge on any atom is 0.246 e. The Bertz CT molecular complexity index is 467. The smallest absolute Gasteiger partial charge is 0.246 e. The molecule has 1 unspecified atom stereocenters. The maximum absolute atomic E-state index is 12.0. The van der Waals surface area contributed by atoms with Gasteiger partial charge in [0, 0.05) is 17.3 Å². The molecule has 4 nitrogen and oxygen atoms in total. The maximum atomic E-state index is 12.0. The van der Waals surface area contributed by atoms with Gasteiger partial charge in [-0.1, -0.05) is 12.8 Å². The van der Waals surface area contributed by atoms with Crippen molar-refractivity contribution in [1.29, 1.82) is 0 Å². The minimum atomic E-state index is -0.224. The number of rotatable bonds is 3. The van der Waals surface area contributed by atoms with Crippen LogP contribution in [0.2, 0.25) is 0 Å². The Labute approximate surface area is 107 Å². The van der Waals surface area contributed by atoms with Gasteiger partial charge in [0.2, 0.25) is 5.91 Å². The van der Waals surface area contributed by atoms with Gasteiger partial charge in [-0.3, -0.25) is 10.1 Å². The van der Waals surface area contributed by atoms with Gasteiger partial charge < -0.3 is 10.1 Å². The summed E-state index contributed by atoms with van der Waals surface area (Å²) in [6.07, 6.45) is 4.86. The summed E-state index contributed by atoms with van der Waals surface area (Å²) in [5, 5.41) is 6.38. The fourth-order valence-corrected chi connectivity index (χ4v) is 2.86. The molecule has 2 N–H and O–H groups in total. The van der Waals surface area contributed by atoms with Crippen molar-refractivity contribution in [1.82, 2.24) is 5.32 Å². The second kappa shape index (κ2) is 4.61. The first-order chi connectivity index (χ1) is 8.78. The Hall–Kier alpha value is -1.55. The highest BCUT2D eigenvalue weighted by Crippen LogP contribution is 2.35. The van der Waals surface area contributed by atoms with E-state index in [0.717, 1.165) is 17.0 Å². The summed E-state index contributed by atoms with van der Waals surface area (Å²) in [6.45, 7) is 0. The van der Waals surface area contributed by atoms with Crippen molar-refractivity contribution in [3.63, 3.8) is 0 Å². The number of carbonyl (C=O) groups is 1. The first-order valence-corrected chi connectivity index (χ1v) is 6.53. The van der Waals surface area contributed by atoms with Crippen molar-refractivity contribution in [3.05, 3.63) is 23.8 Å². The predicted molar refractivity (Wildman–Crippen MR) is 69.8 cm³/mol. The van der Waals surface area contributed by atoms with E-state index >= 15 is 0 Å². The lowest BCUT2D eigenvalue weighted by Crippen LogP contribution is -2.34. The van der Waals surface area contributed by atoms with E-state index in [1.54, 1.807) is 7.11 Å². The molecule has 1 fully saturated rings. The van der Waals surface area contributed by atoms with E-state index < -0.39 is 0 Å². The van der Waals surface area contributed by atoms with Gasteiger partial charge in [-0.2, -0.15) is 0 Å². The average molecular weight is 246 g/mol. The number of hydrogen-bond donors (Lipinski definition) is 2. The van der Waals surface area contributed by atoms with E-state index in [-0.39, 0.29) is 11.9 Å². The standard InChI is InChI=1S/C14H18N2O2/c1-18-10-6-7-12-11(8-10)13(14(17)16-12)15-9-4-2-3-5-9/h6-9,13,15H,2-5H2,1H3,(H,16,17). The van der Waals surface area contributed by atoms with Crippen LogP contribution in [0.4, 0.5) is 5.69 Å². The highest BCUT2D eigenvalue weighted by Gasteiger charge is 2.33. The number of nitrogens with one attached hydrogen (secondary N) is 2. The predicted octanol–water partition coefficient (Wildman–Crippen LogP) is 2.22. The molecule has 0 saturated heterocycles. The lowest BCUT2D eigenvalue weighted by Gasteiger charge is -2.17. The molecular formula is C14H18N2O2. The van der Waals surface area contributed by atoms with Crippen molar-refractivity contribution in [2.24, 2.45) is 0 Å². The molecule has 1 aromatic rings. The van der Waals surface area contributed by atoms with Crippen molar-refractivity contribution in [2.45, 2.75) is 37.8 Å². The van der Waals surface area contributed by atoms with E-state index in [4.69, 9.17) is 4.74 Å². The van der Waals surface area contributed by atoms with Crippen LogP contribution < -0.4 is 15.4 Å². The van der Waals surface area contributed by atoms with Crippen LogP contribution in [0.1, 0.15) is 37.3 Å². The SMILES string of the molecule is COc1ccc2c(c1)C(NC1CCCC1)C(=O)N2. The third-order valence-electron chi connectivity index (χ3n) is 3.85. The summed E-state index contributed by atoms with van der Waals surface area (Å²) < 4.78 is 5.23. The third kappa shape index (κ3) is 1.97. The van der Waals surface area contributed by atoms with Gasteiger partial charge in [-0.15, -0.1) is 0 Å². The van der Waals surface area contributed by atoms with Gasteiger partial charge in [-0.25, -0.2) is 0 Å².